The summed E-state index contributed by atoms with van der Waals surface area (Å²) >= 11 is 0. The van der Waals surface area contributed by atoms with Gasteiger partial charge in [-0.25, -0.2) is 0 Å². The molecule has 10 nitrogen and oxygen atoms in total. The quantitative estimate of drug-likeness (QED) is 0.643. The Morgan fingerprint density at radius 1 is 0.972 bits per heavy atom. The first-order valence-corrected chi connectivity index (χ1v) is 12.4. The molecule has 5 rings (SSSR count). The lowest BCUT2D eigenvalue weighted by Gasteiger charge is -2.45. The number of hydrogen-bond acceptors (Lipinski definition) is 6. The van der Waals surface area contributed by atoms with Crippen molar-refractivity contribution in [3.05, 3.63) is 47.9 Å². The molecule has 3 aliphatic heterocycles. The average Bonchev–Trinajstić information content (AvgIpc) is 3.45. The van der Waals surface area contributed by atoms with Crippen LogP contribution < -0.4 is 9.80 Å². The molecule has 0 bridgehead atoms. The minimum absolute atomic E-state index is 0.0953. The van der Waals surface area contributed by atoms with Gasteiger partial charge in [-0.2, -0.15) is 0 Å². The Kier molecular flexibility index (Phi) is 6.42. The van der Waals surface area contributed by atoms with Crippen LogP contribution in [0.15, 0.2) is 41.0 Å². The van der Waals surface area contributed by atoms with Crippen molar-refractivity contribution >= 4 is 35.0 Å². The fourth-order valence-corrected chi connectivity index (χ4v) is 5.26. The maximum absolute atomic E-state index is 13.6. The monoisotopic (exact) mass is 493 g/mol. The van der Waals surface area contributed by atoms with Crippen molar-refractivity contribution in [2.75, 3.05) is 63.2 Å². The molecule has 10 heteroatoms. The van der Waals surface area contributed by atoms with E-state index < -0.39 is 0 Å². The number of fused-ring (bicyclic) bond motifs is 3. The number of benzene rings is 1. The zero-order chi connectivity index (χ0) is 25.4. The molecule has 1 aromatic carbocycles. The van der Waals surface area contributed by atoms with Gasteiger partial charge in [-0.3, -0.25) is 24.1 Å². The van der Waals surface area contributed by atoms with Crippen LogP contribution in [0, 0.1) is 0 Å². The molecule has 190 valence electrons. The minimum Gasteiger partial charge on any atom is -0.459 e. The number of nitrogens with zero attached hydrogens (tertiary/aromatic N) is 5. The van der Waals surface area contributed by atoms with Gasteiger partial charge in [0.1, 0.15) is 12.6 Å². The number of anilines is 2. The van der Waals surface area contributed by atoms with Crippen LogP contribution in [-0.2, 0) is 9.59 Å². The van der Waals surface area contributed by atoms with E-state index >= 15 is 0 Å². The van der Waals surface area contributed by atoms with Crippen molar-refractivity contribution in [2.45, 2.75) is 25.3 Å². The summed E-state index contributed by atoms with van der Waals surface area (Å²) < 4.78 is 5.21. The van der Waals surface area contributed by atoms with Gasteiger partial charge >= 0.3 is 0 Å². The Morgan fingerprint density at radius 3 is 2.42 bits per heavy atom. The average molecular weight is 494 g/mol. The van der Waals surface area contributed by atoms with E-state index in [4.69, 9.17) is 4.42 Å². The first-order chi connectivity index (χ1) is 17.3. The topological polar surface area (TPSA) is 97.6 Å². The number of furan rings is 1. The van der Waals surface area contributed by atoms with Gasteiger partial charge in [0.2, 0.25) is 11.8 Å². The summed E-state index contributed by atoms with van der Waals surface area (Å²) in [6, 6.07) is 8.42. The third-order valence-corrected chi connectivity index (χ3v) is 7.23. The molecule has 0 saturated carbocycles. The fraction of sp³-hybridized carbons (Fsp3) is 0.462. The van der Waals surface area contributed by atoms with Crippen LogP contribution in [-0.4, -0.2) is 97.7 Å². The number of hydrogen-bond donors (Lipinski definition) is 0. The number of carbonyl (C=O) groups excluding carboxylic acids is 4. The Bertz CT molecular complexity index is 1170. The van der Waals surface area contributed by atoms with Crippen LogP contribution in [0.25, 0.3) is 0 Å². The van der Waals surface area contributed by atoms with Gasteiger partial charge in [0.15, 0.2) is 5.76 Å². The van der Waals surface area contributed by atoms with E-state index in [1.807, 2.05) is 6.07 Å². The molecule has 0 radical (unpaired) electrons. The molecule has 0 unspecified atom stereocenters. The number of amides is 4. The van der Waals surface area contributed by atoms with Crippen LogP contribution in [0.2, 0.25) is 0 Å². The van der Waals surface area contributed by atoms with E-state index in [0.717, 1.165) is 31.5 Å². The highest BCUT2D eigenvalue weighted by Crippen LogP contribution is 2.40. The predicted molar refractivity (Wildman–Crippen MR) is 133 cm³/mol. The lowest BCUT2D eigenvalue weighted by molar-refractivity contribution is -0.133. The first kappa shape index (κ1) is 23.9. The van der Waals surface area contributed by atoms with Crippen molar-refractivity contribution in [1.29, 1.82) is 0 Å². The van der Waals surface area contributed by atoms with E-state index in [-0.39, 0.29) is 42.0 Å². The zero-order valence-electron chi connectivity index (χ0n) is 20.7. The Balaban J connectivity index is 1.34. The molecule has 1 aromatic heterocycles. The van der Waals surface area contributed by atoms with E-state index in [2.05, 4.69) is 4.90 Å². The second-order valence-electron chi connectivity index (χ2n) is 9.68. The van der Waals surface area contributed by atoms with Gasteiger partial charge in [0.25, 0.3) is 11.8 Å². The molecule has 2 fully saturated rings. The SMILES string of the molecule is CN(C)C(=O)c1ccc2c(c1)N(CC(=O)N1CCN(C(=O)c3ccco3)CC1)C(=O)[C@@H]1CCCCN21. The smallest absolute Gasteiger partial charge is 0.289 e. The molecular formula is C26H31N5O5. The van der Waals surface area contributed by atoms with Crippen LogP contribution >= 0.6 is 0 Å². The predicted octanol–water partition coefficient (Wildman–Crippen LogP) is 1.67. The Labute approximate surface area is 210 Å². The summed E-state index contributed by atoms with van der Waals surface area (Å²) in [6.45, 7) is 2.24. The normalized spacial score (nSPS) is 19.6. The highest BCUT2D eigenvalue weighted by molar-refractivity contribution is 6.10. The number of piperazine rings is 1. The third-order valence-electron chi connectivity index (χ3n) is 7.23. The molecule has 1 atom stereocenters. The van der Waals surface area contributed by atoms with Crippen LogP contribution in [0.3, 0.4) is 0 Å². The molecular weight excluding hydrogens is 462 g/mol. The molecule has 0 N–H and O–H groups in total. The first-order valence-electron chi connectivity index (χ1n) is 12.4. The summed E-state index contributed by atoms with van der Waals surface area (Å²) in [4.78, 5) is 60.6. The van der Waals surface area contributed by atoms with Crippen molar-refractivity contribution in [3.63, 3.8) is 0 Å². The zero-order valence-corrected chi connectivity index (χ0v) is 20.7. The lowest BCUT2D eigenvalue weighted by atomic mass is 9.95. The van der Waals surface area contributed by atoms with E-state index in [1.165, 1.54) is 11.2 Å². The van der Waals surface area contributed by atoms with E-state index in [0.29, 0.717) is 37.4 Å². The fourth-order valence-electron chi connectivity index (χ4n) is 5.26. The van der Waals surface area contributed by atoms with Gasteiger partial charge in [-0.15, -0.1) is 0 Å². The molecule has 3 aliphatic rings. The van der Waals surface area contributed by atoms with Crippen molar-refractivity contribution in [3.8, 4) is 0 Å². The highest BCUT2D eigenvalue weighted by atomic mass is 16.3. The molecule has 2 saturated heterocycles. The maximum Gasteiger partial charge on any atom is 0.289 e. The summed E-state index contributed by atoms with van der Waals surface area (Å²) in [5, 5.41) is 0. The Hall–Kier alpha value is -3.82. The molecule has 4 heterocycles. The van der Waals surface area contributed by atoms with Crippen molar-refractivity contribution in [1.82, 2.24) is 14.7 Å². The lowest BCUT2D eigenvalue weighted by Crippen LogP contribution is -2.58. The van der Waals surface area contributed by atoms with Gasteiger partial charge in [-0.05, 0) is 49.6 Å². The second-order valence-corrected chi connectivity index (χ2v) is 9.68. The van der Waals surface area contributed by atoms with E-state index in [1.54, 1.807) is 53.1 Å². The second kappa shape index (κ2) is 9.67. The van der Waals surface area contributed by atoms with Crippen LogP contribution in [0.4, 0.5) is 11.4 Å². The standard InChI is InChI=1S/C26H31N5O5/c1-27(2)24(33)18-8-9-19-21(16-18)31(25(34)20-6-3-4-10-30(19)20)17-23(32)28-11-13-29(14-12-28)26(35)22-7-5-15-36-22/h5,7-9,15-16,20H,3-4,6,10-14,17H2,1-2H3/t20-/m0/s1. The summed E-state index contributed by atoms with van der Waals surface area (Å²) in [7, 11) is 3.37. The molecule has 2 aromatic rings. The number of piperidine rings is 1. The van der Waals surface area contributed by atoms with Crippen LogP contribution in [0.5, 0.6) is 0 Å². The molecule has 0 spiro atoms. The highest BCUT2D eigenvalue weighted by Gasteiger charge is 2.41. The van der Waals surface area contributed by atoms with Gasteiger partial charge in [0, 0.05) is 52.4 Å². The summed E-state index contributed by atoms with van der Waals surface area (Å²) in [5.74, 6) is -0.340. The largest absolute Gasteiger partial charge is 0.459 e. The molecule has 0 aliphatic carbocycles. The van der Waals surface area contributed by atoms with Gasteiger partial charge in [0.05, 0.1) is 17.6 Å². The maximum atomic E-state index is 13.6. The van der Waals surface area contributed by atoms with Crippen molar-refractivity contribution < 1.29 is 23.6 Å². The van der Waals surface area contributed by atoms with Gasteiger partial charge in [-0.1, -0.05) is 0 Å². The van der Waals surface area contributed by atoms with E-state index in [9.17, 15) is 19.2 Å². The molecule has 4 amide bonds. The minimum atomic E-state index is -0.294. The number of rotatable bonds is 4. The van der Waals surface area contributed by atoms with Crippen LogP contribution in [0.1, 0.15) is 40.2 Å². The Morgan fingerprint density at radius 2 is 1.72 bits per heavy atom. The van der Waals surface area contributed by atoms with Gasteiger partial charge < -0.3 is 24.0 Å². The summed E-state index contributed by atoms with van der Waals surface area (Å²) in [5.41, 5.74) is 1.96. The van der Waals surface area contributed by atoms with Crippen molar-refractivity contribution in [2.24, 2.45) is 0 Å². The third kappa shape index (κ3) is 4.31. The summed E-state index contributed by atoms with van der Waals surface area (Å²) in [6.07, 6.45) is 4.18. The number of carbonyl (C=O) groups is 4. The molecule has 36 heavy (non-hydrogen) atoms.